The largest absolute Gasteiger partial charge is 0.496 e. The van der Waals surface area contributed by atoms with E-state index in [1.807, 2.05) is 0 Å². The number of benzene rings is 1. The number of halogens is 1. The van der Waals surface area contributed by atoms with Crippen molar-refractivity contribution in [3.63, 3.8) is 0 Å². The zero-order valence-corrected chi connectivity index (χ0v) is 13.2. The van der Waals surface area contributed by atoms with Gasteiger partial charge in [0.25, 0.3) is 0 Å². The van der Waals surface area contributed by atoms with E-state index >= 15 is 0 Å². The molecule has 1 aromatic carbocycles. The number of hydrogen-bond acceptors (Lipinski definition) is 3. The summed E-state index contributed by atoms with van der Waals surface area (Å²) in [5, 5.41) is 3.47. The summed E-state index contributed by atoms with van der Waals surface area (Å²) in [6.07, 6.45) is 3.65. The van der Waals surface area contributed by atoms with Crippen LogP contribution in [0.2, 0.25) is 0 Å². The fourth-order valence-corrected chi connectivity index (χ4v) is 3.11. The van der Waals surface area contributed by atoms with Crippen molar-refractivity contribution in [1.82, 2.24) is 10.2 Å². The van der Waals surface area contributed by atoms with E-state index in [0.29, 0.717) is 5.92 Å². The van der Waals surface area contributed by atoms with Gasteiger partial charge in [-0.25, -0.2) is 4.39 Å². The van der Waals surface area contributed by atoms with Gasteiger partial charge < -0.3 is 10.1 Å². The highest BCUT2D eigenvalue weighted by Gasteiger charge is 2.18. The Labute approximate surface area is 127 Å². The molecule has 4 heteroatoms. The first kappa shape index (κ1) is 16.2. The lowest BCUT2D eigenvalue weighted by Gasteiger charge is -2.30. The minimum Gasteiger partial charge on any atom is -0.496 e. The summed E-state index contributed by atoms with van der Waals surface area (Å²) in [7, 11) is 1.64. The molecular weight excluding hydrogens is 267 g/mol. The predicted molar refractivity (Wildman–Crippen MR) is 84.1 cm³/mol. The van der Waals surface area contributed by atoms with Crippen molar-refractivity contribution in [3.8, 4) is 5.75 Å². The van der Waals surface area contributed by atoms with Gasteiger partial charge >= 0.3 is 0 Å². The Bertz CT molecular complexity index is 433. The molecule has 1 unspecified atom stereocenters. The molecule has 0 aromatic heterocycles. The first-order chi connectivity index (χ1) is 10.2. The summed E-state index contributed by atoms with van der Waals surface area (Å²) < 4.78 is 18.9. The fourth-order valence-electron chi connectivity index (χ4n) is 3.11. The van der Waals surface area contributed by atoms with Gasteiger partial charge in [-0.3, -0.25) is 4.90 Å². The molecule has 3 nitrogen and oxygen atoms in total. The third kappa shape index (κ3) is 4.97. The van der Waals surface area contributed by atoms with Crippen LogP contribution in [0.15, 0.2) is 18.2 Å². The molecule has 1 heterocycles. The molecule has 21 heavy (non-hydrogen) atoms. The number of methoxy groups -OCH3 is 1. The monoisotopic (exact) mass is 294 g/mol. The lowest BCUT2D eigenvalue weighted by Crippen LogP contribution is -2.38. The fraction of sp³-hybridized carbons (Fsp3) is 0.647. The van der Waals surface area contributed by atoms with E-state index in [2.05, 4.69) is 17.1 Å². The Hall–Kier alpha value is -1.13. The lowest BCUT2D eigenvalue weighted by molar-refractivity contribution is 0.199. The van der Waals surface area contributed by atoms with Gasteiger partial charge in [0.1, 0.15) is 11.6 Å². The molecule has 0 aliphatic carbocycles. The minimum atomic E-state index is -0.193. The Balaban J connectivity index is 2.02. The second kappa shape index (κ2) is 8.35. The summed E-state index contributed by atoms with van der Waals surface area (Å²) in [5.74, 6) is 1.28. The van der Waals surface area contributed by atoms with Gasteiger partial charge in [0.05, 0.1) is 7.11 Å². The van der Waals surface area contributed by atoms with Crippen LogP contribution in [0.25, 0.3) is 0 Å². The third-order valence-corrected chi connectivity index (χ3v) is 4.09. The number of piperidine rings is 1. The molecule has 1 aliphatic rings. The van der Waals surface area contributed by atoms with E-state index in [-0.39, 0.29) is 5.82 Å². The first-order valence-electron chi connectivity index (χ1n) is 7.98. The van der Waals surface area contributed by atoms with Gasteiger partial charge in [0, 0.05) is 18.7 Å². The van der Waals surface area contributed by atoms with E-state index in [0.717, 1.165) is 50.5 Å². The zero-order chi connectivity index (χ0) is 15.1. The van der Waals surface area contributed by atoms with E-state index in [1.54, 1.807) is 19.2 Å². The van der Waals surface area contributed by atoms with Crippen LogP contribution in [0.4, 0.5) is 4.39 Å². The van der Waals surface area contributed by atoms with Gasteiger partial charge in [-0.15, -0.1) is 0 Å². The molecule has 1 aliphatic heterocycles. The quantitative estimate of drug-likeness (QED) is 0.836. The molecule has 1 N–H and O–H groups in total. The van der Waals surface area contributed by atoms with E-state index in [1.165, 1.54) is 18.9 Å². The maximum Gasteiger partial charge on any atom is 0.123 e. The number of ether oxygens (including phenoxy) is 1. The Morgan fingerprint density at radius 3 is 2.95 bits per heavy atom. The van der Waals surface area contributed by atoms with E-state index < -0.39 is 0 Å². The standard InChI is InChI=1S/C17H27FN2O/c1-3-9-20(12-14-5-4-8-19-11-14)13-15-10-16(18)6-7-17(15)21-2/h6-7,10,14,19H,3-5,8-9,11-13H2,1-2H3. The van der Waals surface area contributed by atoms with E-state index in [4.69, 9.17) is 4.74 Å². The molecule has 118 valence electrons. The number of nitrogens with zero attached hydrogens (tertiary/aromatic N) is 1. The molecule has 1 aromatic rings. The summed E-state index contributed by atoms with van der Waals surface area (Å²) in [4.78, 5) is 2.43. The normalized spacial score (nSPS) is 19.0. The van der Waals surface area contributed by atoms with Crippen molar-refractivity contribution >= 4 is 0 Å². The average Bonchev–Trinajstić information content (AvgIpc) is 2.49. The van der Waals surface area contributed by atoms with Crippen molar-refractivity contribution in [2.45, 2.75) is 32.7 Å². The van der Waals surface area contributed by atoms with E-state index in [9.17, 15) is 4.39 Å². The average molecular weight is 294 g/mol. The predicted octanol–water partition coefficient (Wildman–Crippen LogP) is 3.05. The Kier molecular flexibility index (Phi) is 6.46. The third-order valence-electron chi connectivity index (χ3n) is 4.09. The highest BCUT2D eigenvalue weighted by Crippen LogP contribution is 2.22. The Morgan fingerprint density at radius 2 is 2.29 bits per heavy atom. The maximum absolute atomic E-state index is 13.5. The van der Waals surface area contributed by atoms with Crippen molar-refractivity contribution < 1.29 is 9.13 Å². The summed E-state index contributed by atoms with van der Waals surface area (Å²) >= 11 is 0. The van der Waals surface area contributed by atoms with Crippen molar-refractivity contribution in [1.29, 1.82) is 0 Å². The SMILES string of the molecule is CCCN(Cc1cc(F)ccc1OC)CC1CCCNC1. The zero-order valence-electron chi connectivity index (χ0n) is 13.2. The smallest absolute Gasteiger partial charge is 0.123 e. The second-order valence-corrected chi connectivity index (χ2v) is 5.90. The lowest BCUT2D eigenvalue weighted by atomic mass is 9.98. The van der Waals surface area contributed by atoms with Crippen LogP contribution in [0, 0.1) is 11.7 Å². The molecule has 1 saturated heterocycles. The number of hydrogen-bond donors (Lipinski definition) is 1. The number of nitrogens with one attached hydrogen (secondary N) is 1. The first-order valence-corrected chi connectivity index (χ1v) is 7.98. The van der Waals surface area contributed by atoms with Crippen molar-refractivity contribution in [2.75, 3.05) is 33.3 Å². The van der Waals surface area contributed by atoms with Crippen LogP contribution in [0.5, 0.6) is 5.75 Å². The topological polar surface area (TPSA) is 24.5 Å². The van der Waals surface area contributed by atoms with Crippen molar-refractivity contribution in [2.24, 2.45) is 5.92 Å². The summed E-state index contributed by atoms with van der Waals surface area (Å²) in [6, 6.07) is 4.77. The van der Waals surface area contributed by atoms with Crippen LogP contribution < -0.4 is 10.1 Å². The molecular formula is C17H27FN2O. The highest BCUT2D eigenvalue weighted by atomic mass is 19.1. The second-order valence-electron chi connectivity index (χ2n) is 5.90. The summed E-state index contributed by atoms with van der Waals surface area (Å²) in [5.41, 5.74) is 0.940. The molecule has 0 radical (unpaired) electrons. The Morgan fingerprint density at radius 1 is 1.43 bits per heavy atom. The minimum absolute atomic E-state index is 0.193. The van der Waals surface area contributed by atoms with Gasteiger partial charge in [0.2, 0.25) is 0 Å². The molecule has 1 atom stereocenters. The van der Waals surface area contributed by atoms with Crippen LogP contribution in [-0.2, 0) is 6.54 Å². The summed E-state index contributed by atoms with van der Waals surface area (Å²) in [6.45, 7) is 7.29. The highest BCUT2D eigenvalue weighted by molar-refractivity contribution is 5.33. The molecule has 1 fully saturated rings. The van der Waals surface area contributed by atoms with Gasteiger partial charge in [-0.2, -0.15) is 0 Å². The van der Waals surface area contributed by atoms with Crippen LogP contribution >= 0.6 is 0 Å². The van der Waals surface area contributed by atoms with Crippen LogP contribution in [0.3, 0.4) is 0 Å². The molecule has 0 spiro atoms. The molecule has 0 saturated carbocycles. The molecule has 0 amide bonds. The van der Waals surface area contributed by atoms with Gasteiger partial charge in [-0.1, -0.05) is 6.92 Å². The van der Waals surface area contributed by atoms with Crippen LogP contribution in [-0.4, -0.2) is 38.2 Å². The number of rotatable bonds is 7. The van der Waals surface area contributed by atoms with Crippen molar-refractivity contribution in [3.05, 3.63) is 29.6 Å². The maximum atomic E-state index is 13.5. The van der Waals surface area contributed by atoms with Gasteiger partial charge in [-0.05, 0) is 63.0 Å². The molecule has 2 rings (SSSR count). The van der Waals surface area contributed by atoms with Gasteiger partial charge in [0.15, 0.2) is 0 Å². The molecule has 0 bridgehead atoms. The van der Waals surface area contributed by atoms with Crippen LogP contribution in [0.1, 0.15) is 31.7 Å².